The first-order chi connectivity index (χ1) is 12.0. The lowest BCUT2D eigenvalue weighted by molar-refractivity contribution is 0.0954. The number of nitrogens with zero attached hydrogens (tertiary/aromatic N) is 1. The van der Waals surface area contributed by atoms with Gasteiger partial charge >= 0.3 is 0 Å². The zero-order chi connectivity index (χ0) is 18.4. The Labute approximate surface area is 152 Å². The third-order valence-corrected chi connectivity index (χ3v) is 3.86. The van der Waals surface area contributed by atoms with Crippen LogP contribution in [0, 0.1) is 5.82 Å². The Balaban J connectivity index is 2.17. The largest absolute Gasteiger partial charge is 0.493 e. The number of hydrogen-bond acceptors (Lipinski definition) is 5. The highest BCUT2D eigenvalue weighted by Crippen LogP contribution is 2.38. The van der Waals surface area contributed by atoms with Crippen LogP contribution in [0.3, 0.4) is 0 Å². The van der Waals surface area contributed by atoms with Gasteiger partial charge in [0.1, 0.15) is 5.82 Å². The molecule has 132 valence electrons. The lowest BCUT2D eigenvalue weighted by Crippen LogP contribution is -2.18. The van der Waals surface area contributed by atoms with Gasteiger partial charge in [-0.25, -0.2) is 9.82 Å². The summed E-state index contributed by atoms with van der Waals surface area (Å²) in [6.45, 7) is 0. The third kappa shape index (κ3) is 4.48. The molecule has 0 aliphatic rings. The van der Waals surface area contributed by atoms with Crippen LogP contribution in [0.25, 0.3) is 0 Å². The number of rotatable bonds is 6. The van der Waals surface area contributed by atoms with Crippen molar-refractivity contribution in [1.29, 1.82) is 0 Å². The summed E-state index contributed by atoms with van der Waals surface area (Å²) in [7, 11) is 4.40. The van der Waals surface area contributed by atoms with Gasteiger partial charge in [0.05, 0.1) is 32.0 Å². The molecule has 0 aromatic heterocycles. The average Bonchev–Trinajstić information content (AvgIpc) is 2.63. The second kappa shape index (κ2) is 8.48. The molecule has 0 unspecified atom stereocenters. The second-order valence-electron chi connectivity index (χ2n) is 4.79. The summed E-state index contributed by atoms with van der Waals surface area (Å²) in [6, 6.07) is 7.41. The fourth-order valence-corrected chi connectivity index (χ4v) is 2.43. The fourth-order valence-electron chi connectivity index (χ4n) is 2.03. The summed E-state index contributed by atoms with van der Waals surface area (Å²) in [5, 5.41) is 3.86. The van der Waals surface area contributed by atoms with E-state index in [1.807, 2.05) is 0 Å². The SMILES string of the molecule is COc1cc(C(=O)NN=Cc2ccc(F)c(Br)c2)cc(OC)c1OC. The lowest BCUT2D eigenvalue weighted by atomic mass is 10.1. The molecule has 0 fully saturated rings. The van der Waals surface area contributed by atoms with Crippen LogP contribution in [-0.4, -0.2) is 33.5 Å². The monoisotopic (exact) mass is 410 g/mol. The molecule has 0 heterocycles. The highest BCUT2D eigenvalue weighted by atomic mass is 79.9. The molecule has 0 saturated carbocycles. The number of benzene rings is 2. The molecule has 2 aromatic carbocycles. The third-order valence-electron chi connectivity index (χ3n) is 3.25. The van der Waals surface area contributed by atoms with E-state index in [1.165, 1.54) is 51.8 Å². The van der Waals surface area contributed by atoms with Crippen molar-refractivity contribution in [3.63, 3.8) is 0 Å². The number of carbonyl (C=O) groups is 1. The van der Waals surface area contributed by atoms with Gasteiger partial charge in [-0.05, 0) is 45.8 Å². The Morgan fingerprint density at radius 3 is 2.28 bits per heavy atom. The van der Waals surface area contributed by atoms with E-state index in [1.54, 1.807) is 6.07 Å². The van der Waals surface area contributed by atoms with Crippen LogP contribution in [0.15, 0.2) is 39.9 Å². The second-order valence-corrected chi connectivity index (χ2v) is 5.64. The molecule has 0 radical (unpaired) electrons. The van der Waals surface area contributed by atoms with Gasteiger partial charge < -0.3 is 14.2 Å². The summed E-state index contributed by atoms with van der Waals surface area (Å²) < 4.78 is 29.1. The maximum atomic E-state index is 13.2. The van der Waals surface area contributed by atoms with Crippen molar-refractivity contribution in [1.82, 2.24) is 5.43 Å². The van der Waals surface area contributed by atoms with Gasteiger partial charge in [0.2, 0.25) is 5.75 Å². The molecule has 1 amide bonds. The first-order valence-electron chi connectivity index (χ1n) is 7.08. The van der Waals surface area contributed by atoms with Crippen LogP contribution >= 0.6 is 15.9 Å². The van der Waals surface area contributed by atoms with E-state index in [0.29, 0.717) is 27.3 Å². The minimum absolute atomic E-state index is 0.284. The fraction of sp³-hybridized carbons (Fsp3) is 0.176. The molecule has 0 bridgehead atoms. The normalized spacial score (nSPS) is 10.6. The summed E-state index contributed by atoms with van der Waals surface area (Å²) in [5.41, 5.74) is 3.30. The Kier molecular flexibility index (Phi) is 6.35. The van der Waals surface area contributed by atoms with Crippen LogP contribution in [0.5, 0.6) is 17.2 Å². The van der Waals surface area contributed by atoms with Crippen LogP contribution in [-0.2, 0) is 0 Å². The molecular formula is C17H16BrFN2O4. The van der Waals surface area contributed by atoms with Gasteiger partial charge in [0, 0.05) is 5.56 Å². The molecule has 1 N–H and O–H groups in total. The lowest BCUT2D eigenvalue weighted by Gasteiger charge is -2.13. The molecule has 25 heavy (non-hydrogen) atoms. The summed E-state index contributed by atoms with van der Waals surface area (Å²) in [4.78, 5) is 12.2. The maximum Gasteiger partial charge on any atom is 0.271 e. The molecule has 2 rings (SSSR count). The number of methoxy groups -OCH3 is 3. The predicted octanol–water partition coefficient (Wildman–Crippen LogP) is 3.38. The number of hydrazone groups is 1. The molecule has 6 nitrogen and oxygen atoms in total. The van der Waals surface area contributed by atoms with Gasteiger partial charge in [-0.1, -0.05) is 6.07 Å². The minimum atomic E-state index is -0.461. The molecule has 2 aromatic rings. The molecule has 0 spiro atoms. The van der Waals surface area contributed by atoms with Crippen molar-refractivity contribution in [3.8, 4) is 17.2 Å². The smallest absolute Gasteiger partial charge is 0.271 e. The average molecular weight is 411 g/mol. The van der Waals surface area contributed by atoms with Gasteiger partial charge in [-0.3, -0.25) is 4.79 Å². The highest BCUT2D eigenvalue weighted by Gasteiger charge is 2.16. The van der Waals surface area contributed by atoms with E-state index in [0.717, 1.165) is 0 Å². The van der Waals surface area contributed by atoms with E-state index in [2.05, 4.69) is 26.5 Å². The van der Waals surface area contributed by atoms with Crippen molar-refractivity contribution in [2.75, 3.05) is 21.3 Å². The minimum Gasteiger partial charge on any atom is -0.493 e. The molecule has 0 aliphatic carbocycles. The number of ether oxygens (including phenoxy) is 3. The van der Waals surface area contributed by atoms with Crippen molar-refractivity contribution in [3.05, 3.63) is 51.7 Å². The molecule has 0 aliphatic heterocycles. The van der Waals surface area contributed by atoms with Gasteiger partial charge in [0.15, 0.2) is 11.5 Å². The molecule has 0 atom stereocenters. The van der Waals surface area contributed by atoms with E-state index in [-0.39, 0.29) is 11.4 Å². The van der Waals surface area contributed by atoms with Gasteiger partial charge in [-0.2, -0.15) is 5.10 Å². The standard InChI is InChI=1S/C17H16BrFN2O4/c1-23-14-7-11(8-15(24-2)16(14)25-3)17(22)21-20-9-10-4-5-13(19)12(18)6-10/h4-9H,1-3H3,(H,21,22). The van der Waals surface area contributed by atoms with Crippen molar-refractivity contribution < 1.29 is 23.4 Å². The van der Waals surface area contributed by atoms with E-state index in [9.17, 15) is 9.18 Å². The van der Waals surface area contributed by atoms with Crippen molar-refractivity contribution in [2.45, 2.75) is 0 Å². The number of nitrogens with one attached hydrogen (secondary N) is 1. The molecular weight excluding hydrogens is 395 g/mol. The Hall–Kier alpha value is -2.61. The van der Waals surface area contributed by atoms with Gasteiger partial charge in [-0.15, -0.1) is 0 Å². The summed E-state index contributed by atoms with van der Waals surface area (Å²) in [5.74, 6) is 0.272. The Bertz CT molecular complexity index is 786. The number of amides is 1. The summed E-state index contributed by atoms with van der Waals surface area (Å²) in [6.07, 6.45) is 1.40. The van der Waals surface area contributed by atoms with Crippen LogP contribution in [0.4, 0.5) is 4.39 Å². The van der Waals surface area contributed by atoms with E-state index >= 15 is 0 Å². The van der Waals surface area contributed by atoms with Crippen LogP contribution in [0.2, 0.25) is 0 Å². The summed E-state index contributed by atoms with van der Waals surface area (Å²) >= 11 is 3.09. The zero-order valence-electron chi connectivity index (χ0n) is 13.8. The van der Waals surface area contributed by atoms with Gasteiger partial charge in [0.25, 0.3) is 5.91 Å². The van der Waals surface area contributed by atoms with Crippen molar-refractivity contribution >= 4 is 28.1 Å². The van der Waals surface area contributed by atoms with Crippen LogP contribution in [0.1, 0.15) is 15.9 Å². The van der Waals surface area contributed by atoms with E-state index < -0.39 is 5.91 Å². The first-order valence-corrected chi connectivity index (χ1v) is 7.88. The topological polar surface area (TPSA) is 69.2 Å². The van der Waals surface area contributed by atoms with E-state index in [4.69, 9.17) is 14.2 Å². The Morgan fingerprint density at radius 1 is 1.12 bits per heavy atom. The first kappa shape index (κ1) is 18.7. The molecule has 8 heteroatoms. The quantitative estimate of drug-likeness (QED) is 0.585. The molecule has 0 saturated heterocycles. The number of halogens is 2. The van der Waals surface area contributed by atoms with Crippen molar-refractivity contribution in [2.24, 2.45) is 5.10 Å². The van der Waals surface area contributed by atoms with Crippen LogP contribution < -0.4 is 19.6 Å². The zero-order valence-corrected chi connectivity index (χ0v) is 15.4. The maximum absolute atomic E-state index is 13.2. The predicted molar refractivity (Wildman–Crippen MR) is 95.3 cm³/mol. The number of carbonyl (C=O) groups excluding carboxylic acids is 1. The number of hydrogen-bond donors (Lipinski definition) is 1. The Morgan fingerprint density at radius 2 is 1.76 bits per heavy atom. The highest BCUT2D eigenvalue weighted by molar-refractivity contribution is 9.10.